The minimum atomic E-state index is -2.98. The molecule has 118 valence electrons. The van der Waals surface area contributed by atoms with Gasteiger partial charge in [0.15, 0.2) is 0 Å². The molecular weight excluding hydrogens is 292 g/mol. The van der Waals surface area contributed by atoms with E-state index in [0.29, 0.717) is 12.4 Å². The van der Waals surface area contributed by atoms with Crippen molar-refractivity contribution in [3.63, 3.8) is 0 Å². The van der Waals surface area contributed by atoms with Crippen molar-refractivity contribution in [2.75, 3.05) is 5.32 Å². The van der Waals surface area contributed by atoms with Crippen LogP contribution in [0.4, 0.5) is 14.6 Å². The van der Waals surface area contributed by atoms with Crippen LogP contribution in [0, 0.1) is 0 Å². The number of carbonyl (C=O) groups excluding carboxylic acids is 1. The first-order valence-electron chi connectivity index (χ1n) is 6.98. The fraction of sp³-hybridized carbons (Fsp3) is 0.333. The molecule has 1 amide bonds. The summed E-state index contributed by atoms with van der Waals surface area (Å²) in [7, 11) is 0. The molecule has 0 fully saturated rings. The van der Waals surface area contributed by atoms with Gasteiger partial charge in [-0.05, 0) is 18.6 Å². The molecule has 0 atom stereocenters. The maximum atomic E-state index is 12.4. The van der Waals surface area contributed by atoms with E-state index in [4.69, 9.17) is 0 Å². The van der Waals surface area contributed by atoms with Gasteiger partial charge in [0.2, 0.25) is 0 Å². The first-order chi connectivity index (χ1) is 10.6. The topological polar surface area (TPSA) is 56.2 Å². The fourth-order valence-corrected chi connectivity index (χ4v) is 1.96. The van der Waals surface area contributed by atoms with Crippen molar-refractivity contribution in [1.29, 1.82) is 0 Å². The molecule has 22 heavy (non-hydrogen) atoms. The standard InChI is InChI=1S/C15H17F2N3O2/c1-2-3-10-20-13(8-9-18-20)19-14(21)11-6-4-5-7-12(11)22-15(16)17/h4-9,15H,2-3,10H2,1H3,(H,19,21). The van der Waals surface area contributed by atoms with Gasteiger partial charge in [0.1, 0.15) is 11.6 Å². The Bertz CT molecular complexity index is 629. The van der Waals surface area contributed by atoms with Gasteiger partial charge in [-0.25, -0.2) is 4.68 Å². The van der Waals surface area contributed by atoms with Gasteiger partial charge in [-0.2, -0.15) is 13.9 Å². The minimum Gasteiger partial charge on any atom is -0.434 e. The summed E-state index contributed by atoms with van der Waals surface area (Å²) in [6, 6.07) is 7.53. The van der Waals surface area contributed by atoms with E-state index in [1.54, 1.807) is 23.0 Å². The van der Waals surface area contributed by atoms with E-state index < -0.39 is 12.5 Å². The Hall–Kier alpha value is -2.44. The second kappa shape index (κ2) is 7.53. The molecule has 1 aromatic carbocycles. The summed E-state index contributed by atoms with van der Waals surface area (Å²) < 4.78 is 30.8. The molecule has 1 aromatic heterocycles. The van der Waals surface area contributed by atoms with Gasteiger partial charge in [0.25, 0.3) is 5.91 Å². The summed E-state index contributed by atoms with van der Waals surface area (Å²) in [5.41, 5.74) is 0.0473. The first-order valence-corrected chi connectivity index (χ1v) is 6.98. The number of benzene rings is 1. The summed E-state index contributed by atoms with van der Waals surface area (Å²) in [6.45, 7) is -0.252. The maximum Gasteiger partial charge on any atom is 0.387 e. The van der Waals surface area contributed by atoms with Gasteiger partial charge < -0.3 is 10.1 Å². The third-order valence-corrected chi connectivity index (χ3v) is 3.03. The number of alkyl halides is 2. The second-order valence-corrected chi connectivity index (χ2v) is 4.62. The van der Waals surface area contributed by atoms with Crippen LogP contribution in [0.25, 0.3) is 0 Å². The molecule has 0 saturated carbocycles. The number of halogens is 2. The maximum absolute atomic E-state index is 12.4. The van der Waals surface area contributed by atoms with Crippen LogP contribution in [0.1, 0.15) is 30.1 Å². The number of ether oxygens (including phenoxy) is 1. The third kappa shape index (κ3) is 4.03. The lowest BCUT2D eigenvalue weighted by atomic mass is 10.2. The van der Waals surface area contributed by atoms with Crippen molar-refractivity contribution in [1.82, 2.24) is 9.78 Å². The zero-order valence-corrected chi connectivity index (χ0v) is 12.1. The molecule has 1 heterocycles. The van der Waals surface area contributed by atoms with Crippen LogP contribution < -0.4 is 10.1 Å². The van der Waals surface area contributed by atoms with Crippen LogP contribution in [-0.2, 0) is 6.54 Å². The molecule has 0 spiro atoms. The summed E-state index contributed by atoms with van der Waals surface area (Å²) in [4.78, 5) is 12.3. The molecule has 1 N–H and O–H groups in total. The van der Waals surface area contributed by atoms with Crippen LogP contribution in [-0.4, -0.2) is 22.3 Å². The van der Waals surface area contributed by atoms with E-state index in [0.717, 1.165) is 12.8 Å². The molecule has 0 aliphatic rings. The van der Waals surface area contributed by atoms with Gasteiger partial charge in [0, 0.05) is 12.6 Å². The molecule has 0 aliphatic heterocycles. The van der Waals surface area contributed by atoms with Gasteiger partial charge in [-0.15, -0.1) is 0 Å². The number of carbonyl (C=O) groups is 1. The second-order valence-electron chi connectivity index (χ2n) is 4.62. The Kier molecular flexibility index (Phi) is 5.46. The number of rotatable bonds is 7. The smallest absolute Gasteiger partial charge is 0.387 e. The van der Waals surface area contributed by atoms with E-state index >= 15 is 0 Å². The highest BCUT2D eigenvalue weighted by Gasteiger charge is 2.16. The van der Waals surface area contributed by atoms with E-state index in [-0.39, 0.29) is 11.3 Å². The summed E-state index contributed by atoms with van der Waals surface area (Å²) in [6.07, 6.45) is 3.50. The number of nitrogens with one attached hydrogen (secondary N) is 1. The molecular formula is C15H17F2N3O2. The van der Waals surface area contributed by atoms with Crippen molar-refractivity contribution in [3.05, 3.63) is 42.1 Å². The molecule has 2 aromatic rings. The number of para-hydroxylation sites is 1. The van der Waals surface area contributed by atoms with Crippen molar-refractivity contribution in [3.8, 4) is 5.75 Å². The Labute approximate surface area is 126 Å². The van der Waals surface area contributed by atoms with E-state index in [1.807, 2.05) is 0 Å². The Morgan fingerprint density at radius 2 is 2.14 bits per heavy atom. The lowest BCUT2D eigenvalue weighted by molar-refractivity contribution is -0.0501. The zero-order valence-electron chi connectivity index (χ0n) is 12.1. The first kappa shape index (κ1) is 15.9. The van der Waals surface area contributed by atoms with Crippen LogP contribution in [0.15, 0.2) is 36.5 Å². The lowest BCUT2D eigenvalue weighted by Gasteiger charge is -2.12. The van der Waals surface area contributed by atoms with Crippen molar-refractivity contribution in [2.45, 2.75) is 32.9 Å². The third-order valence-electron chi connectivity index (χ3n) is 3.03. The summed E-state index contributed by atoms with van der Waals surface area (Å²) in [5.74, 6) is -0.158. The number of unbranched alkanes of at least 4 members (excludes halogenated alkanes) is 1. The predicted molar refractivity (Wildman–Crippen MR) is 78.2 cm³/mol. The highest BCUT2D eigenvalue weighted by atomic mass is 19.3. The highest BCUT2D eigenvalue weighted by molar-refractivity contribution is 6.05. The van der Waals surface area contributed by atoms with Crippen LogP contribution in [0.5, 0.6) is 5.75 Å². The number of aromatic nitrogens is 2. The molecule has 2 rings (SSSR count). The number of aryl methyl sites for hydroxylation is 1. The molecule has 0 bridgehead atoms. The zero-order chi connectivity index (χ0) is 15.9. The number of hydrogen-bond donors (Lipinski definition) is 1. The van der Waals surface area contributed by atoms with Crippen molar-refractivity contribution in [2.24, 2.45) is 0 Å². The number of hydrogen-bond acceptors (Lipinski definition) is 3. The van der Waals surface area contributed by atoms with Gasteiger partial charge in [-0.3, -0.25) is 4.79 Å². The number of nitrogens with zero attached hydrogens (tertiary/aromatic N) is 2. The van der Waals surface area contributed by atoms with Gasteiger partial charge in [0.05, 0.1) is 11.8 Å². The van der Waals surface area contributed by atoms with Crippen molar-refractivity contribution >= 4 is 11.7 Å². The predicted octanol–water partition coefficient (Wildman–Crippen LogP) is 3.54. The van der Waals surface area contributed by atoms with Crippen LogP contribution >= 0.6 is 0 Å². The average molecular weight is 309 g/mol. The molecule has 7 heteroatoms. The van der Waals surface area contributed by atoms with E-state index in [9.17, 15) is 13.6 Å². The number of anilines is 1. The fourth-order valence-electron chi connectivity index (χ4n) is 1.96. The van der Waals surface area contributed by atoms with E-state index in [2.05, 4.69) is 22.1 Å². The molecule has 0 saturated heterocycles. The minimum absolute atomic E-state index is 0.0473. The SMILES string of the molecule is CCCCn1nccc1NC(=O)c1ccccc1OC(F)F. The van der Waals surface area contributed by atoms with Crippen LogP contribution in [0.3, 0.4) is 0 Å². The van der Waals surface area contributed by atoms with Crippen LogP contribution in [0.2, 0.25) is 0 Å². The monoisotopic (exact) mass is 309 g/mol. The van der Waals surface area contributed by atoms with E-state index in [1.165, 1.54) is 18.2 Å². The van der Waals surface area contributed by atoms with Gasteiger partial charge in [-0.1, -0.05) is 25.5 Å². The molecule has 0 aliphatic carbocycles. The van der Waals surface area contributed by atoms with Gasteiger partial charge >= 0.3 is 6.61 Å². The Morgan fingerprint density at radius 1 is 1.36 bits per heavy atom. The highest BCUT2D eigenvalue weighted by Crippen LogP contribution is 2.21. The lowest BCUT2D eigenvalue weighted by Crippen LogP contribution is -2.17. The molecule has 0 radical (unpaired) electrons. The van der Waals surface area contributed by atoms with Crippen molar-refractivity contribution < 1.29 is 18.3 Å². The Morgan fingerprint density at radius 3 is 2.86 bits per heavy atom. The molecule has 5 nitrogen and oxygen atoms in total. The Balaban J connectivity index is 2.14. The average Bonchev–Trinajstić information content (AvgIpc) is 2.92. The normalized spacial score (nSPS) is 10.7. The number of amides is 1. The summed E-state index contributed by atoms with van der Waals surface area (Å²) in [5, 5.41) is 6.79. The quantitative estimate of drug-likeness (QED) is 0.851. The largest absolute Gasteiger partial charge is 0.434 e. The summed E-state index contributed by atoms with van der Waals surface area (Å²) >= 11 is 0. The molecule has 0 unspecified atom stereocenters.